The van der Waals surface area contributed by atoms with Crippen molar-refractivity contribution in [2.75, 3.05) is 0 Å². The highest BCUT2D eigenvalue weighted by Crippen LogP contribution is 1.55. The van der Waals surface area contributed by atoms with Crippen molar-refractivity contribution in [1.82, 2.24) is 6.15 Å². The molecule has 25 valence electrons. The zero-order chi connectivity index (χ0) is 2.71. The monoisotopic (exact) mass is 79.0 g/mol. The number of hydrogen-bond donors (Lipinski definition) is 1. The summed E-state index contributed by atoms with van der Waals surface area (Å²) in [5.74, 6) is 0. The summed E-state index contributed by atoms with van der Waals surface area (Å²) >= 11 is 0. The van der Waals surface area contributed by atoms with E-state index in [4.69, 9.17) is 4.57 Å². The third kappa shape index (κ3) is 126. The number of nitrogens with zero attached hydrogens (tertiary/aromatic N) is 1. The first-order chi connectivity index (χ1) is 1.41. The summed E-state index contributed by atoms with van der Waals surface area (Å²) in [6.07, 6.45) is 0. The Morgan fingerprint density at radius 3 is 1.75 bits per heavy atom. The van der Waals surface area contributed by atoms with Gasteiger partial charge in [0.05, 0.1) is 0 Å². The molecule has 0 amide bonds. The summed E-state index contributed by atoms with van der Waals surface area (Å²) in [4.78, 5) is 0. The van der Waals surface area contributed by atoms with Gasteiger partial charge in [-0.05, 0) is 0 Å². The molecule has 0 fully saturated rings. The number of rotatable bonds is 0. The van der Waals surface area contributed by atoms with E-state index in [9.17, 15) is 0 Å². The van der Waals surface area contributed by atoms with E-state index in [0.717, 1.165) is 0 Å². The molecular weight excluding hydrogens is 75.0 g/mol. The van der Waals surface area contributed by atoms with E-state index in [2.05, 4.69) is 5.50 Å². The molecule has 4 heteroatoms. The second kappa shape index (κ2) is 11.0. The molecule has 0 aromatic rings. The maximum absolute atomic E-state index is 8.79. The molecule has 3 radical (unpaired) electrons. The Bertz CT molecular complexity index is 13.5. The van der Waals surface area contributed by atoms with Crippen LogP contribution in [0.3, 0.4) is 0 Å². The van der Waals surface area contributed by atoms with Crippen LogP contribution in [0.2, 0.25) is 0 Å². The minimum atomic E-state index is -1.00. The van der Waals surface area contributed by atoms with Crippen LogP contribution < -0.4 is 11.7 Å². The minimum Gasteiger partial charge on any atom is -0.314 e. The van der Waals surface area contributed by atoms with E-state index < -0.39 is 8.61 Å². The molecule has 0 aromatic carbocycles. The van der Waals surface area contributed by atoms with Crippen molar-refractivity contribution in [3.63, 3.8) is 0 Å². The minimum absolute atomic E-state index is 0. The van der Waals surface area contributed by atoms with Gasteiger partial charge in [-0.15, -0.1) is 0 Å². The zero-order valence-corrected chi connectivity index (χ0v) is 3.16. The van der Waals surface area contributed by atoms with Crippen molar-refractivity contribution in [3.05, 3.63) is 0 Å². The SMILES string of the molecule is N[PH2]=O.[N]. The Balaban J connectivity index is 0. The summed E-state index contributed by atoms with van der Waals surface area (Å²) in [6.45, 7) is 0. The van der Waals surface area contributed by atoms with Gasteiger partial charge in [0.15, 0.2) is 0 Å². The predicted molar refractivity (Wildman–Crippen MR) is 16.7 cm³/mol. The first kappa shape index (κ1) is 8.91. The van der Waals surface area contributed by atoms with Crippen LogP contribution >= 0.6 is 8.61 Å². The van der Waals surface area contributed by atoms with Gasteiger partial charge in [-0.1, -0.05) is 0 Å². The second-order valence-electron chi connectivity index (χ2n) is 0.136. The lowest BCUT2D eigenvalue weighted by Gasteiger charge is -1.33. The predicted octanol–water partition coefficient (Wildman–Crippen LogP) is -0.864. The standard InChI is InChI=1S/H4NOP.N/c1-3-2;/h3H2,(H2,1,2);. The second-order valence-corrected chi connectivity index (χ2v) is 0.408. The van der Waals surface area contributed by atoms with Gasteiger partial charge in [-0.2, -0.15) is 0 Å². The van der Waals surface area contributed by atoms with Crippen molar-refractivity contribution in [1.29, 1.82) is 0 Å². The molecule has 1 atom stereocenters. The van der Waals surface area contributed by atoms with Gasteiger partial charge in [-0.3, -0.25) is 5.50 Å². The topological polar surface area (TPSA) is 73.6 Å². The molecule has 0 bridgehead atoms. The highest BCUT2D eigenvalue weighted by atomic mass is 31.1. The largest absolute Gasteiger partial charge is 0.314 e. The molecule has 2 N–H and O–H groups in total. The smallest absolute Gasteiger partial charge is 0.121 e. The summed E-state index contributed by atoms with van der Waals surface area (Å²) in [5.41, 5.74) is 4.38. The summed E-state index contributed by atoms with van der Waals surface area (Å²) in [5, 5.41) is 0. The average Bonchev–Trinajstić information content (AvgIpc) is 0.918. The van der Waals surface area contributed by atoms with E-state index in [-0.39, 0.29) is 6.15 Å². The van der Waals surface area contributed by atoms with Gasteiger partial charge in [0, 0.05) is 6.15 Å². The van der Waals surface area contributed by atoms with Gasteiger partial charge in [0.1, 0.15) is 8.61 Å². The van der Waals surface area contributed by atoms with Crippen LogP contribution in [0.4, 0.5) is 0 Å². The van der Waals surface area contributed by atoms with Crippen LogP contribution in [0.5, 0.6) is 0 Å². The van der Waals surface area contributed by atoms with Gasteiger partial charge in [-0.25, -0.2) is 0 Å². The van der Waals surface area contributed by atoms with Gasteiger partial charge >= 0.3 is 0 Å². The Hall–Kier alpha value is 0.150. The summed E-state index contributed by atoms with van der Waals surface area (Å²) in [7, 11) is -1.00. The van der Waals surface area contributed by atoms with Gasteiger partial charge in [0.25, 0.3) is 0 Å². The Morgan fingerprint density at radius 2 is 1.75 bits per heavy atom. The van der Waals surface area contributed by atoms with E-state index >= 15 is 0 Å². The van der Waals surface area contributed by atoms with E-state index in [1.165, 1.54) is 0 Å². The van der Waals surface area contributed by atoms with Crippen LogP contribution in [0.1, 0.15) is 0 Å². The molecular formula is H4N2OP. The van der Waals surface area contributed by atoms with Crippen molar-refractivity contribution in [2.24, 2.45) is 5.50 Å². The fourth-order valence-electron chi connectivity index (χ4n) is 0. The molecule has 0 aliphatic rings. The Kier molecular flexibility index (Phi) is 24.5. The molecule has 0 aromatic heterocycles. The van der Waals surface area contributed by atoms with Gasteiger partial charge < -0.3 is 4.57 Å². The lowest BCUT2D eigenvalue weighted by molar-refractivity contribution is 0.599. The van der Waals surface area contributed by atoms with Crippen LogP contribution in [0.15, 0.2) is 0 Å². The Morgan fingerprint density at radius 1 is 1.75 bits per heavy atom. The maximum Gasteiger partial charge on any atom is 0.121 e. The third-order valence-corrected chi connectivity index (χ3v) is 0. The summed E-state index contributed by atoms with van der Waals surface area (Å²) < 4.78 is 8.79. The maximum atomic E-state index is 8.79. The van der Waals surface area contributed by atoms with E-state index in [1.807, 2.05) is 0 Å². The fourth-order valence-corrected chi connectivity index (χ4v) is 0. The van der Waals surface area contributed by atoms with Crippen LogP contribution in [-0.2, 0) is 4.57 Å². The molecule has 0 rings (SSSR count). The first-order valence-electron chi connectivity index (χ1n) is 0.569. The highest BCUT2D eigenvalue weighted by Gasteiger charge is 1.16. The molecule has 4 heavy (non-hydrogen) atoms. The highest BCUT2D eigenvalue weighted by molar-refractivity contribution is 7.20. The van der Waals surface area contributed by atoms with Crippen LogP contribution in [-0.4, -0.2) is 0 Å². The molecule has 0 aliphatic heterocycles. The molecule has 1 unspecified atom stereocenters. The van der Waals surface area contributed by atoms with Crippen LogP contribution in [0, 0.1) is 0 Å². The van der Waals surface area contributed by atoms with Crippen molar-refractivity contribution < 1.29 is 4.57 Å². The molecule has 0 heterocycles. The normalized spacial score (nSPS) is 7.25. The molecule has 0 saturated carbocycles. The van der Waals surface area contributed by atoms with Crippen molar-refractivity contribution >= 4 is 8.61 Å². The molecule has 3 nitrogen and oxygen atoms in total. The summed E-state index contributed by atoms with van der Waals surface area (Å²) in [6, 6.07) is 0. The fraction of sp³-hybridized carbons (Fsp3) is 0. The lowest BCUT2D eigenvalue weighted by atomic mass is 13.9. The van der Waals surface area contributed by atoms with Gasteiger partial charge in [0.2, 0.25) is 0 Å². The average molecular weight is 79.0 g/mol. The molecule has 0 spiro atoms. The first-order valence-corrected chi connectivity index (χ1v) is 1.71. The van der Waals surface area contributed by atoms with E-state index in [1.54, 1.807) is 0 Å². The van der Waals surface area contributed by atoms with E-state index in [0.29, 0.717) is 0 Å². The number of hydrogen-bond acceptors (Lipinski definition) is 1. The molecule has 0 saturated heterocycles. The lowest BCUT2D eigenvalue weighted by Crippen LogP contribution is -1.51. The van der Waals surface area contributed by atoms with Crippen LogP contribution in [0.25, 0.3) is 0 Å². The van der Waals surface area contributed by atoms with Crippen molar-refractivity contribution in [3.8, 4) is 0 Å². The number of nitrogens with two attached hydrogens (primary N) is 1. The quantitative estimate of drug-likeness (QED) is 0.383. The molecule has 0 aliphatic carbocycles. The Labute approximate surface area is 26.0 Å². The third-order valence-electron chi connectivity index (χ3n) is 0. The zero-order valence-electron chi connectivity index (χ0n) is 2.01. The van der Waals surface area contributed by atoms with Crippen molar-refractivity contribution in [2.45, 2.75) is 0 Å².